The summed E-state index contributed by atoms with van der Waals surface area (Å²) in [6.45, 7) is 8.23. The summed E-state index contributed by atoms with van der Waals surface area (Å²) in [5.74, 6) is 1.08. The van der Waals surface area contributed by atoms with Crippen LogP contribution in [-0.2, 0) is 11.8 Å². The van der Waals surface area contributed by atoms with Gasteiger partial charge in [0.2, 0.25) is 5.91 Å². The largest absolute Gasteiger partial charge is 0.349 e. The lowest BCUT2D eigenvalue weighted by molar-refractivity contribution is -0.119. The van der Waals surface area contributed by atoms with Crippen LogP contribution in [0.4, 0.5) is 0 Å². The number of thioether (sulfide) groups is 1. The van der Waals surface area contributed by atoms with Crippen molar-refractivity contribution in [2.75, 3.05) is 5.75 Å². The molecule has 1 heterocycles. The Morgan fingerprint density at radius 2 is 1.79 bits per heavy atom. The minimum atomic E-state index is -0.0324. The van der Waals surface area contributed by atoms with Crippen molar-refractivity contribution in [3.8, 4) is 11.4 Å². The number of rotatable bonds is 6. The van der Waals surface area contributed by atoms with Crippen molar-refractivity contribution in [3.63, 3.8) is 0 Å². The lowest BCUT2D eigenvalue weighted by Gasteiger charge is -2.15. The first-order valence-corrected chi connectivity index (χ1v) is 10.3. The molecule has 0 saturated heterocycles. The summed E-state index contributed by atoms with van der Waals surface area (Å²) in [7, 11) is 1.92. The zero-order chi connectivity index (χ0) is 20.3. The van der Waals surface area contributed by atoms with Gasteiger partial charge in [0.1, 0.15) is 0 Å². The van der Waals surface area contributed by atoms with Crippen molar-refractivity contribution in [3.05, 3.63) is 64.7 Å². The van der Waals surface area contributed by atoms with Crippen LogP contribution >= 0.6 is 11.8 Å². The highest BCUT2D eigenvalue weighted by atomic mass is 32.2. The van der Waals surface area contributed by atoms with E-state index >= 15 is 0 Å². The standard InChI is InChI=1S/C22H26N4OS/c1-14-6-9-18(10-7-14)21-24-25-22(26(21)5)28-13-20(27)23-17(4)19-11-8-15(2)16(3)12-19/h6-12,17H,13H2,1-5H3,(H,23,27). The van der Waals surface area contributed by atoms with E-state index in [1.165, 1.54) is 28.5 Å². The topological polar surface area (TPSA) is 59.8 Å². The van der Waals surface area contributed by atoms with Gasteiger partial charge in [0.25, 0.3) is 0 Å². The number of hydrogen-bond donors (Lipinski definition) is 1. The van der Waals surface area contributed by atoms with Crippen molar-refractivity contribution in [2.45, 2.75) is 38.9 Å². The molecule has 3 rings (SSSR count). The summed E-state index contributed by atoms with van der Waals surface area (Å²) in [6.07, 6.45) is 0. The van der Waals surface area contributed by atoms with E-state index in [0.29, 0.717) is 5.75 Å². The minimum absolute atomic E-state index is 0.0180. The van der Waals surface area contributed by atoms with Crippen molar-refractivity contribution in [2.24, 2.45) is 7.05 Å². The summed E-state index contributed by atoms with van der Waals surface area (Å²) >= 11 is 1.39. The average molecular weight is 395 g/mol. The molecule has 0 fully saturated rings. The molecule has 2 aromatic carbocycles. The van der Waals surface area contributed by atoms with Gasteiger partial charge in [-0.25, -0.2) is 0 Å². The number of nitrogens with one attached hydrogen (secondary N) is 1. The Kier molecular flexibility index (Phi) is 6.19. The Bertz CT molecular complexity index is 979. The lowest BCUT2D eigenvalue weighted by Crippen LogP contribution is -2.28. The molecule has 1 atom stereocenters. The highest BCUT2D eigenvalue weighted by Crippen LogP contribution is 2.23. The number of carbonyl (C=O) groups excluding carboxylic acids is 1. The lowest BCUT2D eigenvalue weighted by atomic mass is 10.0. The fraction of sp³-hybridized carbons (Fsp3) is 0.318. The van der Waals surface area contributed by atoms with Crippen molar-refractivity contribution < 1.29 is 4.79 Å². The van der Waals surface area contributed by atoms with Gasteiger partial charge < -0.3 is 9.88 Å². The Morgan fingerprint density at radius 1 is 1.07 bits per heavy atom. The van der Waals surface area contributed by atoms with E-state index in [-0.39, 0.29) is 11.9 Å². The molecule has 0 radical (unpaired) electrons. The fourth-order valence-corrected chi connectivity index (χ4v) is 3.65. The number of aromatic nitrogens is 3. The van der Waals surface area contributed by atoms with Crippen LogP contribution in [0.1, 0.15) is 35.2 Å². The number of nitrogens with zero attached hydrogens (tertiary/aromatic N) is 3. The zero-order valence-corrected chi connectivity index (χ0v) is 17.8. The van der Waals surface area contributed by atoms with Crippen LogP contribution in [0.25, 0.3) is 11.4 Å². The van der Waals surface area contributed by atoms with Gasteiger partial charge in [0, 0.05) is 12.6 Å². The third-order valence-corrected chi connectivity index (χ3v) is 5.91. The molecular weight excluding hydrogens is 368 g/mol. The molecule has 1 aromatic heterocycles. The van der Waals surface area contributed by atoms with Gasteiger partial charge in [-0.2, -0.15) is 0 Å². The summed E-state index contributed by atoms with van der Waals surface area (Å²) in [5.41, 5.74) is 5.82. The quantitative estimate of drug-likeness (QED) is 0.631. The summed E-state index contributed by atoms with van der Waals surface area (Å²) < 4.78 is 1.93. The third kappa shape index (κ3) is 4.62. The fourth-order valence-electron chi connectivity index (χ4n) is 2.93. The molecule has 0 aliphatic rings. The predicted octanol–water partition coefficient (Wildman–Crippen LogP) is 4.38. The van der Waals surface area contributed by atoms with Crippen LogP contribution in [0.5, 0.6) is 0 Å². The van der Waals surface area contributed by atoms with Crippen LogP contribution < -0.4 is 5.32 Å². The molecule has 1 amide bonds. The average Bonchev–Trinajstić information content (AvgIpc) is 3.03. The number of benzene rings is 2. The van der Waals surface area contributed by atoms with Crippen molar-refractivity contribution in [1.29, 1.82) is 0 Å². The first-order valence-electron chi connectivity index (χ1n) is 9.31. The summed E-state index contributed by atoms with van der Waals surface area (Å²) in [5, 5.41) is 12.3. The van der Waals surface area contributed by atoms with Crippen LogP contribution in [0, 0.1) is 20.8 Å². The molecule has 1 unspecified atom stereocenters. The van der Waals surface area contributed by atoms with Crippen molar-refractivity contribution >= 4 is 17.7 Å². The van der Waals surface area contributed by atoms with E-state index < -0.39 is 0 Å². The smallest absolute Gasteiger partial charge is 0.230 e. The van der Waals surface area contributed by atoms with Gasteiger partial charge in [0.05, 0.1) is 11.8 Å². The molecule has 6 heteroatoms. The Balaban J connectivity index is 1.60. The maximum absolute atomic E-state index is 12.4. The molecule has 5 nitrogen and oxygen atoms in total. The number of carbonyl (C=O) groups is 1. The number of aryl methyl sites for hydroxylation is 3. The second kappa shape index (κ2) is 8.61. The van der Waals surface area contributed by atoms with E-state index in [1.807, 2.05) is 30.7 Å². The number of hydrogen-bond acceptors (Lipinski definition) is 4. The summed E-state index contributed by atoms with van der Waals surface area (Å²) in [6, 6.07) is 14.4. The molecule has 1 N–H and O–H groups in total. The van der Waals surface area contributed by atoms with Gasteiger partial charge in [-0.15, -0.1) is 10.2 Å². The second-order valence-corrected chi connectivity index (χ2v) is 8.10. The van der Waals surface area contributed by atoms with Gasteiger partial charge in [-0.1, -0.05) is 59.8 Å². The van der Waals surface area contributed by atoms with E-state index in [2.05, 4.69) is 66.6 Å². The van der Waals surface area contributed by atoms with Crippen LogP contribution in [0.15, 0.2) is 47.6 Å². The Labute approximate surface area is 170 Å². The molecular formula is C22H26N4OS. The Hall–Kier alpha value is -2.60. The Morgan fingerprint density at radius 3 is 2.46 bits per heavy atom. The van der Waals surface area contributed by atoms with E-state index in [9.17, 15) is 4.79 Å². The van der Waals surface area contributed by atoms with E-state index in [0.717, 1.165) is 22.1 Å². The first-order chi connectivity index (χ1) is 13.3. The molecule has 0 aliphatic heterocycles. The molecule has 28 heavy (non-hydrogen) atoms. The van der Waals surface area contributed by atoms with Crippen LogP contribution in [0.2, 0.25) is 0 Å². The molecule has 0 bridgehead atoms. The van der Waals surface area contributed by atoms with Gasteiger partial charge in [0.15, 0.2) is 11.0 Å². The molecule has 146 valence electrons. The normalized spacial score (nSPS) is 12.0. The molecule has 0 saturated carbocycles. The zero-order valence-electron chi connectivity index (χ0n) is 17.0. The van der Waals surface area contributed by atoms with Gasteiger partial charge in [-0.3, -0.25) is 4.79 Å². The molecule has 3 aromatic rings. The first kappa shape index (κ1) is 20.1. The second-order valence-electron chi connectivity index (χ2n) is 7.15. The highest BCUT2D eigenvalue weighted by molar-refractivity contribution is 7.99. The van der Waals surface area contributed by atoms with E-state index in [4.69, 9.17) is 0 Å². The monoisotopic (exact) mass is 394 g/mol. The maximum atomic E-state index is 12.4. The predicted molar refractivity (Wildman–Crippen MR) is 114 cm³/mol. The van der Waals surface area contributed by atoms with Crippen LogP contribution in [0.3, 0.4) is 0 Å². The third-order valence-electron chi connectivity index (χ3n) is 4.89. The van der Waals surface area contributed by atoms with Crippen LogP contribution in [-0.4, -0.2) is 26.4 Å². The van der Waals surface area contributed by atoms with Gasteiger partial charge in [-0.05, 0) is 44.4 Å². The SMILES string of the molecule is Cc1ccc(-c2nnc(SCC(=O)NC(C)c3ccc(C)c(C)c3)n2C)cc1. The summed E-state index contributed by atoms with van der Waals surface area (Å²) in [4.78, 5) is 12.4. The van der Waals surface area contributed by atoms with E-state index in [1.54, 1.807) is 0 Å². The molecule has 0 spiro atoms. The molecule has 0 aliphatic carbocycles. The highest BCUT2D eigenvalue weighted by Gasteiger charge is 2.15. The number of amides is 1. The minimum Gasteiger partial charge on any atom is -0.349 e. The van der Waals surface area contributed by atoms with Crippen molar-refractivity contribution in [1.82, 2.24) is 20.1 Å². The van der Waals surface area contributed by atoms with Gasteiger partial charge >= 0.3 is 0 Å². The maximum Gasteiger partial charge on any atom is 0.230 e.